The van der Waals surface area contributed by atoms with Crippen LogP contribution in [0.5, 0.6) is 0 Å². The van der Waals surface area contributed by atoms with Crippen LogP contribution in [0.1, 0.15) is 12.1 Å². The molecule has 1 atom stereocenters. The highest BCUT2D eigenvalue weighted by molar-refractivity contribution is 7.80. The van der Waals surface area contributed by atoms with Crippen molar-refractivity contribution in [3.8, 4) is 5.69 Å². The van der Waals surface area contributed by atoms with Crippen molar-refractivity contribution in [3.05, 3.63) is 35.7 Å². The van der Waals surface area contributed by atoms with Crippen LogP contribution in [-0.4, -0.2) is 87.2 Å². The lowest BCUT2D eigenvalue weighted by Gasteiger charge is -2.36. The molecule has 3 rings (SSSR count). The minimum atomic E-state index is -1.12. The monoisotopic (exact) mass is 470 g/mol. The molecule has 10 nitrogen and oxygen atoms in total. The van der Waals surface area contributed by atoms with E-state index in [4.69, 9.17) is 22.1 Å². The summed E-state index contributed by atoms with van der Waals surface area (Å²) in [6.07, 6.45) is 0.206. The standard InChI is InChI=1S/C19H24F2N6O4S/c1-31-19(32)22-9-12-10-27(24-23-12)13-6-15(20)18(16(21)7-13)26-4-2-25(3-5-26)17(30)8-14(29)11-28/h6-7,10,14,28-29H,2-5,8-9,11H2,1H3,(H,22,32). The van der Waals surface area contributed by atoms with E-state index in [1.54, 1.807) is 0 Å². The summed E-state index contributed by atoms with van der Waals surface area (Å²) in [7, 11) is 1.43. The number of piperazine rings is 1. The average molecular weight is 471 g/mol. The van der Waals surface area contributed by atoms with Crippen LogP contribution < -0.4 is 10.2 Å². The molecule has 13 heteroatoms. The van der Waals surface area contributed by atoms with Gasteiger partial charge in [-0.3, -0.25) is 4.79 Å². The van der Waals surface area contributed by atoms with Gasteiger partial charge in [0.25, 0.3) is 5.17 Å². The Morgan fingerprint density at radius 3 is 2.53 bits per heavy atom. The van der Waals surface area contributed by atoms with E-state index in [0.717, 1.165) is 0 Å². The first-order valence-corrected chi connectivity index (χ1v) is 10.3. The molecule has 1 aliphatic rings. The second-order valence-electron chi connectivity index (χ2n) is 7.17. The van der Waals surface area contributed by atoms with E-state index in [-0.39, 0.29) is 61.6 Å². The van der Waals surface area contributed by atoms with Gasteiger partial charge in [0, 0.05) is 38.3 Å². The van der Waals surface area contributed by atoms with Crippen LogP contribution in [0.4, 0.5) is 14.5 Å². The number of anilines is 1. The van der Waals surface area contributed by atoms with Crippen LogP contribution in [-0.2, 0) is 16.1 Å². The van der Waals surface area contributed by atoms with E-state index in [1.165, 1.54) is 39.9 Å². The van der Waals surface area contributed by atoms with E-state index >= 15 is 0 Å². The van der Waals surface area contributed by atoms with Crippen molar-refractivity contribution in [3.63, 3.8) is 0 Å². The molecule has 1 saturated heterocycles. The number of methoxy groups -OCH3 is 1. The summed E-state index contributed by atoms with van der Waals surface area (Å²) in [5.41, 5.74) is 0.494. The van der Waals surface area contributed by atoms with Gasteiger partial charge < -0.3 is 30.1 Å². The summed E-state index contributed by atoms with van der Waals surface area (Å²) in [6.45, 7) is 0.701. The Kier molecular flexibility index (Phi) is 7.88. The minimum absolute atomic E-state index is 0.170. The molecule has 0 spiro atoms. The molecule has 0 bridgehead atoms. The molecule has 3 N–H and O–H groups in total. The number of aromatic nitrogens is 3. The average Bonchev–Trinajstić information content (AvgIpc) is 3.26. The van der Waals surface area contributed by atoms with Crippen LogP contribution >= 0.6 is 12.2 Å². The molecule has 0 aliphatic carbocycles. The lowest BCUT2D eigenvalue weighted by Crippen LogP contribution is -2.50. The minimum Gasteiger partial charge on any atom is -0.474 e. The lowest BCUT2D eigenvalue weighted by atomic mass is 10.2. The predicted molar refractivity (Wildman–Crippen MR) is 114 cm³/mol. The van der Waals surface area contributed by atoms with Gasteiger partial charge in [0.1, 0.15) is 11.4 Å². The third-order valence-electron chi connectivity index (χ3n) is 4.98. The van der Waals surface area contributed by atoms with Crippen molar-refractivity contribution < 1.29 is 28.5 Å². The zero-order valence-corrected chi connectivity index (χ0v) is 18.2. The summed E-state index contributed by atoms with van der Waals surface area (Å²) in [5.74, 6) is -1.83. The van der Waals surface area contributed by atoms with Gasteiger partial charge >= 0.3 is 0 Å². The van der Waals surface area contributed by atoms with Crippen molar-refractivity contribution in [2.45, 2.75) is 19.1 Å². The number of nitrogens with zero attached hydrogens (tertiary/aromatic N) is 5. The number of thiocarbonyl (C=S) groups is 1. The summed E-state index contributed by atoms with van der Waals surface area (Å²) in [6, 6.07) is 2.33. The Hall–Kier alpha value is -2.90. The van der Waals surface area contributed by atoms with Crippen LogP contribution in [0.25, 0.3) is 5.69 Å². The maximum atomic E-state index is 14.8. The number of amides is 1. The Morgan fingerprint density at radius 2 is 1.94 bits per heavy atom. The summed E-state index contributed by atoms with van der Waals surface area (Å²) in [5, 5.41) is 29.1. The maximum Gasteiger partial charge on any atom is 0.256 e. The fraction of sp³-hybridized carbons (Fsp3) is 0.474. The third-order valence-corrected chi connectivity index (χ3v) is 5.29. The highest BCUT2D eigenvalue weighted by Gasteiger charge is 2.26. The molecule has 174 valence electrons. The first kappa shape index (κ1) is 23.8. The van der Waals surface area contributed by atoms with Crippen molar-refractivity contribution in [2.75, 3.05) is 44.8 Å². The van der Waals surface area contributed by atoms with Gasteiger partial charge in [0.15, 0.2) is 11.6 Å². The van der Waals surface area contributed by atoms with Crippen LogP contribution in [0, 0.1) is 11.6 Å². The normalized spacial score (nSPS) is 14.9. The number of carbonyl (C=O) groups excluding carboxylic acids is 1. The molecule has 1 aromatic carbocycles. The van der Waals surface area contributed by atoms with Gasteiger partial charge in [-0.1, -0.05) is 5.21 Å². The fourth-order valence-corrected chi connectivity index (χ4v) is 3.37. The molecule has 1 aliphatic heterocycles. The molecule has 32 heavy (non-hydrogen) atoms. The topological polar surface area (TPSA) is 116 Å². The molecule has 1 unspecified atom stereocenters. The first-order valence-electron chi connectivity index (χ1n) is 9.86. The highest BCUT2D eigenvalue weighted by atomic mass is 32.1. The molecular weight excluding hydrogens is 446 g/mol. The summed E-state index contributed by atoms with van der Waals surface area (Å²) < 4.78 is 35.7. The second-order valence-corrected chi connectivity index (χ2v) is 7.54. The molecule has 1 fully saturated rings. The predicted octanol–water partition coefficient (Wildman–Crippen LogP) is -0.0417. The Morgan fingerprint density at radius 1 is 1.28 bits per heavy atom. The van der Waals surface area contributed by atoms with Crippen LogP contribution in [0.3, 0.4) is 0 Å². The number of hydrogen-bond donors (Lipinski definition) is 3. The van der Waals surface area contributed by atoms with Gasteiger partial charge in [0.2, 0.25) is 5.91 Å². The van der Waals surface area contributed by atoms with Gasteiger partial charge in [0.05, 0.1) is 44.7 Å². The van der Waals surface area contributed by atoms with Gasteiger partial charge in [-0.25, -0.2) is 13.5 Å². The first-order chi connectivity index (χ1) is 15.3. The Labute approximate surface area is 188 Å². The van der Waals surface area contributed by atoms with E-state index in [2.05, 4.69) is 15.6 Å². The summed E-state index contributed by atoms with van der Waals surface area (Å²) in [4.78, 5) is 15.1. The second kappa shape index (κ2) is 10.6. The molecular formula is C19H24F2N6O4S. The zero-order valence-electron chi connectivity index (χ0n) is 17.4. The number of ether oxygens (including phenoxy) is 1. The van der Waals surface area contributed by atoms with Crippen LogP contribution in [0.2, 0.25) is 0 Å². The highest BCUT2D eigenvalue weighted by Crippen LogP contribution is 2.27. The SMILES string of the molecule is COC(=S)NCc1cn(-c2cc(F)c(N3CCN(C(=O)CC(O)CO)CC3)c(F)c2)nn1. The number of benzene rings is 1. The number of halogens is 2. The largest absolute Gasteiger partial charge is 0.474 e. The van der Waals surface area contributed by atoms with E-state index in [0.29, 0.717) is 5.69 Å². The molecule has 2 aromatic rings. The maximum absolute atomic E-state index is 14.8. The fourth-order valence-electron chi connectivity index (χ4n) is 3.30. The van der Waals surface area contributed by atoms with Gasteiger partial charge in [-0.15, -0.1) is 5.10 Å². The third kappa shape index (κ3) is 5.66. The zero-order chi connectivity index (χ0) is 23.3. The summed E-state index contributed by atoms with van der Waals surface area (Å²) >= 11 is 4.88. The number of nitrogens with one attached hydrogen (secondary N) is 1. The van der Waals surface area contributed by atoms with E-state index in [9.17, 15) is 18.7 Å². The Bertz CT molecular complexity index is 944. The van der Waals surface area contributed by atoms with Crippen molar-refractivity contribution in [1.82, 2.24) is 25.2 Å². The van der Waals surface area contributed by atoms with E-state index < -0.39 is 24.3 Å². The molecule has 1 amide bonds. The van der Waals surface area contributed by atoms with Crippen molar-refractivity contribution >= 4 is 29.0 Å². The number of hydrogen-bond acceptors (Lipinski definition) is 8. The number of carbonyl (C=O) groups is 1. The number of rotatable bonds is 7. The molecule has 0 saturated carbocycles. The number of aliphatic hydroxyl groups excluding tert-OH is 2. The van der Waals surface area contributed by atoms with Crippen molar-refractivity contribution in [2.24, 2.45) is 0 Å². The van der Waals surface area contributed by atoms with E-state index in [1.807, 2.05) is 0 Å². The molecule has 0 radical (unpaired) electrons. The van der Waals surface area contributed by atoms with Crippen molar-refractivity contribution in [1.29, 1.82) is 0 Å². The van der Waals surface area contributed by atoms with Gasteiger partial charge in [-0.2, -0.15) is 0 Å². The smallest absolute Gasteiger partial charge is 0.256 e. The van der Waals surface area contributed by atoms with Gasteiger partial charge in [-0.05, 0) is 12.2 Å². The quantitative estimate of drug-likeness (QED) is 0.480. The lowest BCUT2D eigenvalue weighted by molar-refractivity contribution is -0.134. The molecule has 1 aromatic heterocycles. The van der Waals surface area contributed by atoms with Crippen LogP contribution in [0.15, 0.2) is 18.3 Å². The molecule has 2 heterocycles. The number of aliphatic hydroxyl groups is 2. The Balaban J connectivity index is 1.66.